The molecule has 3 heteroatoms. The minimum atomic E-state index is -0.456. The zero-order chi connectivity index (χ0) is 10.8. The highest BCUT2D eigenvalue weighted by molar-refractivity contribution is 14.1. The topological polar surface area (TPSA) is 20.3 Å². The van der Waals surface area contributed by atoms with Gasteiger partial charge >= 0.3 is 0 Å². The Balaban J connectivity index is 2.97. The van der Waals surface area contributed by atoms with E-state index in [2.05, 4.69) is 22.9 Å². The van der Waals surface area contributed by atoms with Crippen LogP contribution in [0.1, 0.15) is 24.2 Å². The molecular weight excluding hydrogens is 289 g/mol. The molecule has 0 fully saturated rings. The maximum atomic E-state index is 12.1. The Kier molecular flexibility index (Phi) is 3.66. The van der Waals surface area contributed by atoms with Crippen molar-refractivity contribution < 1.29 is 4.79 Å². The molecule has 0 unspecified atom stereocenters. The van der Waals surface area contributed by atoms with Gasteiger partial charge in [0.1, 0.15) is 0 Å². The van der Waals surface area contributed by atoms with Crippen LogP contribution in [0, 0.1) is 0 Å². The van der Waals surface area contributed by atoms with Crippen molar-refractivity contribution in [1.29, 1.82) is 0 Å². The molecule has 0 radical (unpaired) electrons. The molecule has 0 saturated heterocycles. The van der Waals surface area contributed by atoms with E-state index in [1.165, 1.54) is 0 Å². The standard InChI is InChI=1S/C11H14INO/c1-11(2,13(3)12)10(14)9-7-5-4-6-8-9/h4-8H,1-3H3. The van der Waals surface area contributed by atoms with Crippen LogP contribution >= 0.6 is 22.9 Å². The maximum absolute atomic E-state index is 12.1. The smallest absolute Gasteiger partial charge is 0.183 e. The summed E-state index contributed by atoms with van der Waals surface area (Å²) in [5, 5.41) is 0. The van der Waals surface area contributed by atoms with E-state index in [4.69, 9.17) is 0 Å². The summed E-state index contributed by atoms with van der Waals surface area (Å²) < 4.78 is 1.90. The number of hydrogen-bond donors (Lipinski definition) is 0. The number of ketones is 1. The maximum Gasteiger partial charge on any atom is 0.183 e. The Bertz CT molecular complexity index is 319. The third kappa shape index (κ3) is 2.33. The average Bonchev–Trinajstić information content (AvgIpc) is 2.17. The van der Waals surface area contributed by atoms with Crippen LogP contribution in [-0.4, -0.2) is 21.5 Å². The van der Waals surface area contributed by atoms with Gasteiger partial charge < -0.3 is 0 Å². The van der Waals surface area contributed by atoms with Gasteiger partial charge in [0.25, 0.3) is 0 Å². The highest BCUT2D eigenvalue weighted by Crippen LogP contribution is 2.21. The Morgan fingerprint density at radius 2 is 1.79 bits per heavy atom. The number of rotatable bonds is 3. The van der Waals surface area contributed by atoms with Gasteiger partial charge in [-0.1, -0.05) is 30.3 Å². The highest BCUT2D eigenvalue weighted by atomic mass is 127. The first-order valence-electron chi connectivity index (χ1n) is 4.45. The third-order valence-corrected chi connectivity index (χ3v) is 3.57. The number of carbonyl (C=O) groups is 1. The van der Waals surface area contributed by atoms with Crippen LogP contribution in [0.4, 0.5) is 0 Å². The fourth-order valence-corrected chi connectivity index (χ4v) is 1.30. The van der Waals surface area contributed by atoms with Crippen molar-refractivity contribution in [2.75, 3.05) is 7.05 Å². The first-order valence-corrected chi connectivity index (χ1v) is 5.42. The van der Waals surface area contributed by atoms with E-state index in [0.717, 1.165) is 5.56 Å². The van der Waals surface area contributed by atoms with E-state index in [0.29, 0.717) is 0 Å². The van der Waals surface area contributed by atoms with E-state index in [9.17, 15) is 4.79 Å². The van der Waals surface area contributed by atoms with E-state index in [1.807, 2.05) is 54.3 Å². The van der Waals surface area contributed by atoms with Crippen molar-refractivity contribution in [1.82, 2.24) is 3.11 Å². The van der Waals surface area contributed by atoms with Crippen LogP contribution in [0.5, 0.6) is 0 Å². The Hall–Kier alpha value is -0.420. The Morgan fingerprint density at radius 3 is 2.21 bits per heavy atom. The quantitative estimate of drug-likeness (QED) is 0.486. The molecule has 2 nitrogen and oxygen atoms in total. The lowest BCUT2D eigenvalue weighted by Crippen LogP contribution is -2.42. The second kappa shape index (κ2) is 4.40. The summed E-state index contributed by atoms with van der Waals surface area (Å²) in [6.45, 7) is 3.85. The van der Waals surface area contributed by atoms with Crippen LogP contribution in [-0.2, 0) is 0 Å². The van der Waals surface area contributed by atoms with Gasteiger partial charge in [-0.25, -0.2) is 3.11 Å². The van der Waals surface area contributed by atoms with Gasteiger partial charge in [0, 0.05) is 28.4 Å². The minimum absolute atomic E-state index is 0.148. The number of halogens is 1. The number of Topliss-reactive ketones (excluding diaryl/α,β-unsaturated/α-hetero) is 1. The van der Waals surface area contributed by atoms with Crippen molar-refractivity contribution in [3.63, 3.8) is 0 Å². The summed E-state index contributed by atoms with van der Waals surface area (Å²) in [6, 6.07) is 9.39. The molecule has 0 bridgehead atoms. The molecule has 0 aliphatic heterocycles. The molecule has 0 saturated carbocycles. The van der Waals surface area contributed by atoms with E-state index >= 15 is 0 Å². The summed E-state index contributed by atoms with van der Waals surface area (Å²) in [5.74, 6) is 0.148. The van der Waals surface area contributed by atoms with Gasteiger partial charge in [-0.05, 0) is 20.9 Å². The van der Waals surface area contributed by atoms with Crippen molar-refractivity contribution >= 4 is 28.6 Å². The van der Waals surface area contributed by atoms with Crippen LogP contribution in [0.3, 0.4) is 0 Å². The molecular formula is C11H14INO. The summed E-state index contributed by atoms with van der Waals surface area (Å²) in [7, 11) is 1.90. The number of benzene rings is 1. The first kappa shape index (κ1) is 11.7. The second-order valence-corrected chi connectivity index (χ2v) is 5.18. The third-order valence-electron chi connectivity index (χ3n) is 2.36. The molecule has 1 aromatic rings. The largest absolute Gasteiger partial charge is 0.292 e. The van der Waals surface area contributed by atoms with E-state index < -0.39 is 5.54 Å². The van der Waals surface area contributed by atoms with Gasteiger partial charge in [0.05, 0.1) is 5.54 Å². The Morgan fingerprint density at radius 1 is 1.29 bits per heavy atom. The molecule has 0 aliphatic rings. The molecule has 0 N–H and O–H groups in total. The van der Waals surface area contributed by atoms with E-state index in [1.54, 1.807) is 0 Å². The van der Waals surface area contributed by atoms with Gasteiger partial charge in [-0.3, -0.25) is 4.79 Å². The fourth-order valence-electron chi connectivity index (χ4n) is 1.08. The molecule has 14 heavy (non-hydrogen) atoms. The molecule has 1 rings (SSSR count). The van der Waals surface area contributed by atoms with E-state index in [-0.39, 0.29) is 5.78 Å². The van der Waals surface area contributed by atoms with Crippen LogP contribution < -0.4 is 0 Å². The van der Waals surface area contributed by atoms with Gasteiger partial charge in [-0.2, -0.15) is 0 Å². The van der Waals surface area contributed by atoms with Crippen LogP contribution in [0.2, 0.25) is 0 Å². The van der Waals surface area contributed by atoms with Gasteiger partial charge in [0.2, 0.25) is 0 Å². The van der Waals surface area contributed by atoms with Gasteiger partial charge in [-0.15, -0.1) is 0 Å². The lowest BCUT2D eigenvalue weighted by molar-refractivity contribution is 0.0843. The fraction of sp³-hybridized carbons (Fsp3) is 0.364. The van der Waals surface area contributed by atoms with Crippen LogP contribution in [0.15, 0.2) is 30.3 Å². The molecule has 0 aliphatic carbocycles. The predicted molar refractivity (Wildman–Crippen MR) is 66.6 cm³/mol. The summed E-state index contributed by atoms with van der Waals surface area (Å²) >= 11 is 2.14. The molecule has 76 valence electrons. The zero-order valence-corrected chi connectivity index (χ0v) is 10.8. The lowest BCUT2D eigenvalue weighted by atomic mass is 9.93. The number of nitrogens with zero attached hydrogens (tertiary/aromatic N) is 1. The summed E-state index contributed by atoms with van der Waals surface area (Å²) in [6.07, 6.45) is 0. The SMILES string of the molecule is CN(I)C(C)(C)C(=O)c1ccccc1. The molecule has 0 spiro atoms. The van der Waals surface area contributed by atoms with Crippen molar-refractivity contribution in [3.8, 4) is 0 Å². The minimum Gasteiger partial charge on any atom is -0.292 e. The summed E-state index contributed by atoms with van der Waals surface area (Å²) in [5.41, 5.74) is 0.308. The number of carbonyl (C=O) groups excluding carboxylic acids is 1. The normalized spacial score (nSPS) is 11.8. The first-order chi connectivity index (χ1) is 6.46. The molecule has 0 heterocycles. The van der Waals surface area contributed by atoms with Crippen molar-refractivity contribution in [2.45, 2.75) is 19.4 Å². The molecule has 1 aromatic carbocycles. The number of likely N-dealkylation sites (N-methyl/N-ethyl adjacent to an activating group) is 1. The van der Waals surface area contributed by atoms with Gasteiger partial charge in [0.15, 0.2) is 5.78 Å². The monoisotopic (exact) mass is 303 g/mol. The summed E-state index contributed by atoms with van der Waals surface area (Å²) in [4.78, 5) is 12.1. The molecule has 0 amide bonds. The molecule has 0 atom stereocenters. The average molecular weight is 303 g/mol. The molecule has 0 aromatic heterocycles. The van der Waals surface area contributed by atoms with Crippen molar-refractivity contribution in [2.24, 2.45) is 0 Å². The predicted octanol–water partition coefficient (Wildman–Crippen LogP) is 2.93. The Labute approximate surface area is 98.8 Å². The lowest BCUT2D eigenvalue weighted by Gasteiger charge is -2.28. The van der Waals surface area contributed by atoms with Crippen LogP contribution in [0.25, 0.3) is 0 Å². The second-order valence-electron chi connectivity index (χ2n) is 3.73. The van der Waals surface area contributed by atoms with Crippen molar-refractivity contribution in [3.05, 3.63) is 35.9 Å². The number of hydrogen-bond acceptors (Lipinski definition) is 2. The zero-order valence-electron chi connectivity index (χ0n) is 8.62. The highest BCUT2D eigenvalue weighted by Gasteiger charge is 2.31.